The van der Waals surface area contributed by atoms with Gasteiger partial charge in [0.05, 0.1) is 11.1 Å². The molecule has 0 spiro atoms. The zero-order valence-corrected chi connectivity index (χ0v) is 17.5. The third kappa shape index (κ3) is 3.35. The summed E-state index contributed by atoms with van der Waals surface area (Å²) in [5.41, 5.74) is 4.40. The highest BCUT2D eigenvalue weighted by Crippen LogP contribution is 2.46. The number of phenols is 1. The van der Waals surface area contributed by atoms with Gasteiger partial charge in [0, 0.05) is 22.3 Å². The van der Waals surface area contributed by atoms with Crippen LogP contribution < -0.4 is 4.74 Å². The molecule has 1 N–H and O–H groups in total. The first-order chi connectivity index (χ1) is 15.2. The lowest BCUT2D eigenvalue weighted by molar-refractivity contribution is 0.460. The van der Waals surface area contributed by atoms with E-state index in [2.05, 4.69) is 35.3 Å². The maximum atomic E-state index is 10.1. The summed E-state index contributed by atoms with van der Waals surface area (Å²) in [5, 5.41) is 12.5. The molecule has 5 heteroatoms. The Kier molecular flexibility index (Phi) is 4.42. The number of pyridine rings is 1. The molecule has 0 amide bonds. The Morgan fingerprint density at radius 3 is 2.81 bits per heavy atom. The Morgan fingerprint density at radius 2 is 1.84 bits per heavy atom. The van der Waals surface area contributed by atoms with Gasteiger partial charge in [0.1, 0.15) is 17.0 Å². The molecule has 2 heterocycles. The average molecular weight is 425 g/mol. The van der Waals surface area contributed by atoms with Gasteiger partial charge >= 0.3 is 0 Å². The number of hydrogen-bond donors (Lipinski definition) is 1. The predicted molar refractivity (Wildman–Crippen MR) is 125 cm³/mol. The fraction of sp³-hybridized carbons (Fsp3) is 0.154. The summed E-state index contributed by atoms with van der Waals surface area (Å²) in [6.45, 7) is 0. The van der Waals surface area contributed by atoms with Gasteiger partial charge in [0.15, 0.2) is 0 Å². The largest absolute Gasteiger partial charge is 0.506 e. The fourth-order valence-electron chi connectivity index (χ4n) is 4.41. The van der Waals surface area contributed by atoms with Gasteiger partial charge in [-0.1, -0.05) is 48.5 Å². The van der Waals surface area contributed by atoms with Crippen LogP contribution in [0.2, 0.25) is 0 Å². The first kappa shape index (κ1) is 18.5. The van der Waals surface area contributed by atoms with Gasteiger partial charge in [-0.05, 0) is 48.2 Å². The highest BCUT2D eigenvalue weighted by atomic mass is 32.2. The minimum absolute atomic E-state index is 0.149. The molecule has 0 fully saturated rings. The molecule has 1 aliphatic carbocycles. The first-order valence-electron chi connectivity index (χ1n) is 10.4. The highest BCUT2D eigenvalue weighted by Gasteiger charge is 2.35. The first-order valence-corrected chi connectivity index (χ1v) is 11.3. The summed E-state index contributed by atoms with van der Waals surface area (Å²) >= 11 is 1.88. The van der Waals surface area contributed by atoms with E-state index in [1.165, 1.54) is 11.1 Å². The lowest BCUT2D eigenvalue weighted by atomic mass is 9.88. The van der Waals surface area contributed by atoms with Gasteiger partial charge in [-0.2, -0.15) is 0 Å². The molecule has 0 unspecified atom stereocenters. The maximum absolute atomic E-state index is 10.1. The number of hydrogen-bond acceptors (Lipinski definition) is 5. The molecule has 4 nitrogen and oxygen atoms in total. The van der Waals surface area contributed by atoms with Crippen LogP contribution in [0.25, 0.3) is 10.9 Å². The van der Waals surface area contributed by atoms with Crippen LogP contribution in [-0.2, 0) is 6.42 Å². The van der Waals surface area contributed by atoms with E-state index in [9.17, 15) is 5.11 Å². The van der Waals surface area contributed by atoms with Crippen molar-refractivity contribution in [2.75, 3.05) is 0 Å². The molecule has 1 aromatic heterocycles. The maximum Gasteiger partial charge on any atom is 0.219 e. The van der Waals surface area contributed by atoms with Crippen LogP contribution in [-0.4, -0.2) is 20.4 Å². The minimum atomic E-state index is 0.149. The normalized spacial score (nSPS) is 19.5. The molecule has 152 valence electrons. The highest BCUT2D eigenvalue weighted by molar-refractivity contribution is 8.15. The van der Waals surface area contributed by atoms with Crippen molar-refractivity contribution in [3.63, 3.8) is 0 Å². The Hall–Kier alpha value is -3.31. The number of fused-ring (bicyclic) bond motifs is 4. The van der Waals surface area contributed by atoms with Crippen LogP contribution in [0, 0.1) is 0 Å². The summed E-state index contributed by atoms with van der Waals surface area (Å²) in [4.78, 5) is 9.57. The number of rotatable bonds is 3. The van der Waals surface area contributed by atoms with E-state index in [1.54, 1.807) is 12.1 Å². The Morgan fingerprint density at radius 1 is 0.935 bits per heavy atom. The van der Waals surface area contributed by atoms with Crippen molar-refractivity contribution < 1.29 is 9.84 Å². The molecule has 3 aromatic carbocycles. The van der Waals surface area contributed by atoms with Gasteiger partial charge in [-0.3, -0.25) is 4.99 Å². The van der Waals surface area contributed by atoms with E-state index < -0.39 is 0 Å². The van der Waals surface area contributed by atoms with Crippen molar-refractivity contribution >= 4 is 27.7 Å². The number of thioether (sulfide) groups is 1. The van der Waals surface area contributed by atoms with E-state index in [4.69, 9.17) is 9.73 Å². The minimum Gasteiger partial charge on any atom is -0.506 e. The monoisotopic (exact) mass is 424 g/mol. The van der Waals surface area contributed by atoms with Crippen molar-refractivity contribution in [2.24, 2.45) is 4.99 Å². The number of ether oxygens (including phenoxy) is 1. The summed E-state index contributed by atoms with van der Waals surface area (Å²) in [6, 6.07) is 26.0. The van der Waals surface area contributed by atoms with Crippen molar-refractivity contribution in [1.29, 1.82) is 0 Å². The quantitative estimate of drug-likeness (QED) is 0.420. The number of aryl methyl sites for hydroxylation is 1. The predicted octanol–water partition coefficient (Wildman–Crippen LogP) is 6.28. The molecule has 0 radical (unpaired) electrons. The average Bonchev–Trinajstić information content (AvgIpc) is 3.25. The number of benzene rings is 3. The Labute approximate surface area is 184 Å². The molecule has 2 atom stereocenters. The van der Waals surface area contributed by atoms with Gasteiger partial charge in [0.25, 0.3) is 0 Å². The van der Waals surface area contributed by atoms with E-state index >= 15 is 0 Å². The molecule has 2 aliphatic rings. The summed E-state index contributed by atoms with van der Waals surface area (Å²) < 4.78 is 6.03. The van der Waals surface area contributed by atoms with E-state index in [0.717, 1.165) is 28.8 Å². The number of aliphatic imine (C=N–C) groups is 1. The van der Waals surface area contributed by atoms with Crippen LogP contribution in [0.1, 0.15) is 29.2 Å². The van der Waals surface area contributed by atoms with Crippen LogP contribution in [0.4, 0.5) is 0 Å². The van der Waals surface area contributed by atoms with Crippen LogP contribution in [0.15, 0.2) is 83.9 Å². The van der Waals surface area contributed by atoms with Gasteiger partial charge in [-0.15, -0.1) is 11.8 Å². The molecule has 31 heavy (non-hydrogen) atoms. The van der Waals surface area contributed by atoms with Crippen molar-refractivity contribution in [3.05, 3.63) is 95.6 Å². The molecule has 0 bridgehead atoms. The fourth-order valence-corrected chi connectivity index (χ4v) is 5.71. The Bertz CT molecular complexity index is 1330. The molecule has 0 saturated carbocycles. The van der Waals surface area contributed by atoms with Crippen LogP contribution >= 0.6 is 11.8 Å². The van der Waals surface area contributed by atoms with Crippen molar-refractivity contribution in [3.8, 4) is 17.4 Å². The molecular weight excluding hydrogens is 404 g/mol. The van der Waals surface area contributed by atoms with Crippen molar-refractivity contribution in [2.45, 2.75) is 24.1 Å². The van der Waals surface area contributed by atoms with Crippen LogP contribution in [0.5, 0.6) is 17.4 Å². The molecule has 6 rings (SSSR count). The van der Waals surface area contributed by atoms with Gasteiger partial charge in [-0.25, -0.2) is 4.98 Å². The lowest BCUT2D eigenvalue weighted by Crippen LogP contribution is -2.18. The SMILES string of the molecule is Oc1cccc2ccc(Oc3cccc(C4=N[C@H]5c6ccccc6CC[C@H]5S4)c3)nc12. The van der Waals surface area contributed by atoms with E-state index in [1.807, 2.05) is 48.2 Å². The van der Waals surface area contributed by atoms with Crippen LogP contribution in [0.3, 0.4) is 0 Å². The lowest BCUT2D eigenvalue weighted by Gasteiger charge is -2.25. The third-order valence-corrected chi connectivity index (χ3v) is 7.28. The standard InChI is InChI=1S/C26H20N2O2S/c29-21-10-4-6-17-12-14-23(27-24(17)21)30-19-8-3-7-18(15-19)26-28-25-20-9-2-1-5-16(20)11-13-22(25)31-26/h1-10,12,14-15,22,25,29H,11,13H2/t22-,25+/m1/s1. The smallest absolute Gasteiger partial charge is 0.219 e. The van der Waals surface area contributed by atoms with E-state index in [-0.39, 0.29) is 11.8 Å². The molecule has 1 aliphatic heterocycles. The second-order valence-electron chi connectivity index (χ2n) is 7.90. The number of phenolic OH excluding ortho intramolecular Hbond substituents is 1. The number of nitrogens with zero attached hydrogens (tertiary/aromatic N) is 2. The zero-order chi connectivity index (χ0) is 20.8. The molecule has 0 saturated heterocycles. The number of aromatic nitrogens is 1. The topological polar surface area (TPSA) is 54.7 Å². The van der Waals surface area contributed by atoms with Gasteiger partial charge in [0.2, 0.25) is 5.88 Å². The molecule has 4 aromatic rings. The summed E-state index contributed by atoms with van der Waals surface area (Å²) in [7, 11) is 0. The van der Waals surface area contributed by atoms with Gasteiger partial charge < -0.3 is 9.84 Å². The molecular formula is C26H20N2O2S. The number of aromatic hydroxyl groups is 1. The van der Waals surface area contributed by atoms with E-state index in [0.29, 0.717) is 22.4 Å². The summed E-state index contributed by atoms with van der Waals surface area (Å²) in [5.74, 6) is 1.31. The Balaban J connectivity index is 1.29. The second kappa shape index (κ2) is 7.43. The second-order valence-corrected chi connectivity index (χ2v) is 9.13. The van der Waals surface area contributed by atoms with Crippen molar-refractivity contribution in [1.82, 2.24) is 4.98 Å². The summed E-state index contributed by atoms with van der Waals surface area (Å²) in [6.07, 6.45) is 2.27. The number of para-hydroxylation sites is 1. The third-order valence-electron chi connectivity index (χ3n) is 5.92. The zero-order valence-electron chi connectivity index (χ0n) is 16.7.